The van der Waals surface area contributed by atoms with Crippen LogP contribution in [-0.2, 0) is 13.1 Å². The van der Waals surface area contributed by atoms with E-state index in [2.05, 4.69) is 80.1 Å². The van der Waals surface area contributed by atoms with E-state index in [9.17, 15) is 0 Å². The molecule has 2 aromatic carbocycles. The van der Waals surface area contributed by atoms with Gasteiger partial charge in [-0.25, -0.2) is 0 Å². The van der Waals surface area contributed by atoms with Crippen LogP contribution in [0.1, 0.15) is 22.5 Å². The van der Waals surface area contributed by atoms with Crippen LogP contribution in [0.25, 0.3) is 0 Å². The molecule has 5 heteroatoms. The Bertz CT molecular complexity index is 1230. The molecule has 1 aliphatic heterocycles. The Morgan fingerprint density at radius 3 is 1.94 bits per heavy atom. The summed E-state index contributed by atoms with van der Waals surface area (Å²) in [6.07, 6.45) is 3.67. The molecule has 0 bridgehead atoms. The van der Waals surface area contributed by atoms with Gasteiger partial charge in [0.15, 0.2) is 0 Å². The first-order valence-corrected chi connectivity index (χ1v) is 10.5. The van der Waals surface area contributed by atoms with E-state index in [0.29, 0.717) is 0 Å². The van der Waals surface area contributed by atoms with Gasteiger partial charge in [0, 0.05) is 65.3 Å². The first-order chi connectivity index (χ1) is 15.1. The van der Waals surface area contributed by atoms with E-state index in [4.69, 9.17) is 0 Å². The van der Waals surface area contributed by atoms with Gasteiger partial charge in [0.2, 0.25) is 0 Å². The van der Waals surface area contributed by atoms with Crippen LogP contribution in [-0.4, -0.2) is 9.97 Å². The van der Waals surface area contributed by atoms with Crippen LogP contribution in [0.5, 0.6) is 0 Å². The van der Waals surface area contributed by atoms with Crippen molar-refractivity contribution in [2.24, 2.45) is 0 Å². The molecule has 5 rings (SSSR count). The Kier molecular flexibility index (Phi) is 5.00. The molecule has 4 aromatic rings. The number of anilines is 5. The van der Waals surface area contributed by atoms with Crippen molar-refractivity contribution >= 4 is 28.4 Å². The molecule has 1 aliphatic rings. The van der Waals surface area contributed by atoms with Gasteiger partial charge in [-0.3, -0.25) is 9.97 Å². The van der Waals surface area contributed by atoms with Crippen LogP contribution >= 0.6 is 0 Å². The van der Waals surface area contributed by atoms with Gasteiger partial charge in [-0.05, 0) is 79.6 Å². The third-order valence-corrected chi connectivity index (χ3v) is 5.51. The number of fused-ring (bicyclic) bond motifs is 1. The molecule has 0 saturated carbocycles. The fourth-order valence-corrected chi connectivity index (χ4v) is 4.02. The summed E-state index contributed by atoms with van der Waals surface area (Å²) in [4.78, 5) is 10.9. The Labute approximate surface area is 182 Å². The lowest BCUT2D eigenvalue weighted by atomic mass is 10.1. The first-order valence-electron chi connectivity index (χ1n) is 10.5. The lowest BCUT2D eigenvalue weighted by molar-refractivity contribution is 0.881. The topological polar surface area (TPSA) is 53.1 Å². The van der Waals surface area contributed by atoms with Crippen molar-refractivity contribution in [3.8, 4) is 0 Å². The quantitative estimate of drug-likeness (QED) is 0.419. The maximum atomic E-state index is 4.27. The van der Waals surface area contributed by atoms with Gasteiger partial charge < -0.3 is 15.5 Å². The van der Waals surface area contributed by atoms with Crippen LogP contribution in [0.4, 0.5) is 28.4 Å². The van der Waals surface area contributed by atoms with Crippen LogP contribution < -0.4 is 15.5 Å². The molecular formula is C26H25N5. The summed E-state index contributed by atoms with van der Waals surface area (Å²) in [6.45, 7) is 5.83. The van der Waals surface area contributed by atoms with Crippen LogP contribution in [0.2, 0.25) is 0 Å². The molecule has 0 atom stereocenters. The predicted molar refractivity (Wildman–Crippen MR) is 127 cm³/mol. The van der Waals surface area contributed by atoms with Crippen LogP contribution in [0.3, 0.4) is 0 Å². The van der Waals surface area contributed by atoms with Crippen molar-refractivity contribution in [3.63, 3.8) is 0 Å². The number of nitrogens with one attached hydrogen (secondary N) is 2. The smallest absolute Gasteiger partial charge is 0.0437 e. The fourth-order valence-electron chi connectivity index (χ4n) is 4.02. The van der Waals surface area contributed by atoms with E-state index < -0.39 is 0 Å². The maximum absolute atomic E-state index is 4.27. The van der Waals surface area contributed by atoms with Gasteiger partial charge in [-0.2, -0.15) is 0 Å². The van der Waals surface area contributed by atoms with E-state index in [1.807, 2.05) is 38.4 Å². The SMILES string of the molecule is Cc1cc(Nc2cccc(N3Cc4ccc(Nc5ccnc(C)c5)cc4C3)c2)ccn1. The van der Waals surface area contributed by atoms with Crippen molar-refractivity contribution in [1.29, 1.82) is 0 Å². The average molecular weight is 408 g/mol. The summed E-state index contributed by atoms with van der Waals surface area (Å²) in [6, 6.07) is 23.3. The fraction of sp³-hybridized carbons (Fsp3) is 0.154. The third-order valence-electron chi connectivity index (χ3n) is 5.51. The molecule has 0 amide bonds. The molecule has 31 heavy (non-hydrogen) atoms. The number of aromatic nitrogens is 2. The minimum atomic E-state index is 0.901. The summed E-state index contributed by atoms with van der Waals surface area (Å²) in [7, 11) is 0. The van der Waals surface area contributed by atoms with Gasteiger partial charge in [-0.1, -0.05) is 12.1 Å². The summed E-state index contributed by atoms with van der Waals surface area (Å²) in [5.74, 6) is 0. The lowest BCUT2D eigenvalue weighted by Crippen LogP contribution is -2.14. The average Bonchev–Trinajstić information content (AvgIpc) is 3.18. The normalized spacial score (nSPS) is 12.5. The zero-order valence-electron chi connectivity index (χ0n) is 17.8. The summed E-state index contributed by atoms with van der Waals surface area (Å²) >= 11 is 0. The van der Waals surface area contributed by atoms with Gasteiger partial charge in [-0.15, -0.1) is 0 Å². The molecule has 3 heterocycles. The van der Waals surface area contributed by atoms with Crippen molar-refractivity contribution in [2.45, 2.75) is 26.9 Å². The monoisotopic (exact) mass is 407 g/mol. The van der Waals surface area contributed by atoms with Crippen LogP contribution in [0, 0.1) is 13.8 Å². The molecule has 0 spiro atoms. The highest BCUT2D eigenvalue weighted by Crippen LogP contribution is 2.32. The molecule has 0 saturated heterocycles. The number of hydrogen-bond acceptors (Lipinski definition) is 5. The molecule has 0 fully saturated rings. The minimum absolute atomic E-state index is 0.901. The molecular weight excluding hydrogens is 382 g/mol. The molecule has 2 aromatic heterocycles. The highest BCUT2D eigenvalue weighted by molar-refractivity contribution is 5.67. The van der Waals surface area contributed by atoms with Gasteiger partial charge in [0.1, 0.15) is 0 Å². The van der Waals surface area contributed by atoms with Crippen LogP contribution in [0.15, 0.2) is 79.1 Å². The van der Waals surface area contributed by atoms with E-state index in [-0.39, 0.29) is 0 Å². The molecule has 2 N–H and O–H groups in total. The predicted octanol–water partition coefficient (Wildman–Crippen LogP) is 6.10. The number of rotatable bonds is 5. The van der Waals surface area contributed by atoms with E-state index in [1.54, 1.807) is 0 Å². The van der Waals surface area contributed by atoms with Crippen molar-refractivity contribution < 1.29 is 0 Å². The highest BCUT2D eigenvalue weighted by atomic mass is 15.1. The number of nitrogens with zero attached hydrogens (tertiary/aromatic N) is 3. The Hall–Kier alpha value is -3.86. The number of benzene rings is 2. The largest absolute Gasteiger partial charge is 0.363 e. The van der Waals surface area contributed by atoms with E-state index in [0.717, 1.165) is 47.2 Å². The number of aryl methyl sites for hydroxylation is 2. The zero-order chi connectivity index (χ0) is 21.2. The Morgan fingerprint density at radius 2 is 1.26 bits per heavy atom. The summed E-state index contributed by atoms with van der Waals surface area (Å²) < 4.78 is 0. The number of pyridine rings is 2. The highest BCUT2D eigenvalue weighted by Gasteiger charge is 2.20. The Morgan fingerprint density at radius 1 is 0.645 bits per heavy atom. The Balaban J connectivity index is 1.31. The third kappa shape index (κ3) is 4.36. The second-order valence-electron chi connectivity index (χ2n) is 8.01. The first kappa shape index (κ1) is 19.1. The molecule has 154 valence electrons. The summed E-state index contributed by atoms with van der Waals surface area (Å²) in [5, 5.41) is 6.99. The van der Waals surface area contributed by atoms with E-state index in [1.165, 1.54) is 16.8 Å². The van der Waals surface area contributed by atoms with Gasteiger partial charge in [0.25, 0.3) is 0 Å². The van der Waals surface area contributed by atoms with Crippen molar-refractivity contribution in [3.05, 3.63) is 102 Å². The molecule has 0 radical (unpaired) electrons. The zero-order valence-corrected chi connectivity index (χ0v) is 17.8. The van der Waals surface area contributed by atoms with Gasteiger partial charge in [0.05, 0.1) is 0 Å². The minimum Gasteiger partial charge on any atom is -0.363 e. The standard InChI is InChI=1S/C26H25N5/c1-18-12-24(8-10-27-18)29-22-4-3-5-26(15-22)31-16-20-6-7-23(14-21(20)17-31)30-25-9-11-28-19(2)13-25/h3-15H,16-17H2,1-2H3,(H,27,29)(H,28,30). The lowest BCUT2D eigenvalue weighted by Gasteiger charge is -2.19. The second-order valence-corrected chi connectivity index (χ2v) is 8.01. The number of hydrogen-bond donors (Lipinski definition) is 2. The molecule has 0 aliphatic carbocycles. The van der Waals surface area contributed by atoms with Crippen molar-refractivity contribution in [2.75, 3.05) is 15.5 Å². The van der Waals surface area contributed by atoms with Gasteiger partial charge >= 0.3 is 0 Å². The molecule has 0 unspecified atom stereocenters. The second kappa shape index (κ2) is 8.11. The summed E-state index contributed by atoms with van der Waals surface area (Å²) in [5.41, 5.74) is 10.3. The van der Waals surface area contributed by atoms with Crippen molar-refractivity contribution in [1.82, 2.24) is 9.97 Å². The van der Waals surface area contributed by atoms with E-state index >= 15 is 0 Å². The maximum Gasteiger partial charge on any atom is 0.0437 e. The molecule has 5 nitrogen and oxygen atoms in total.